The quantitative estimate of drug-likeness (QED) is 0.205. The van der Waals surface area contributed by atoms with Gasteiger partial charge in [0.1, 0.15) is 11.5 Å². The number of benzene rings is 3. The summed E-state index contributed by atoms with van der Waals surface area (Å²) in [6.45, 7) is 5.30. The summed E-state index contributed by atoms with van der Waals surface area (Å²) in [4.78, 5) is 25.3. The normalized spacial score (nSPS) is 12.4. The van der Waals surface area contributed by atoms with Gasteiger partial charge in [0, 0.05) is 34.3 Å². The van der Waals surface area contributed by atoms with Crippen molar-refractivity contribution in [3.8, 4) is 11.5 Å². The first-order valence-corrected chi connectivity index (χ1v) is 12.3. The Bertz CT molecular complexity index is 1490. The van der Waals surface area contributed by atoms with E-state index in [4.69, 9.17) is 16.3 Å². The Kier molecular flexibility index (Phi) is 7.83. The van der Waals surface area contributed by atoms with Crippen molar-refractivity contribution in [2.75, 3.05) is 0 Å². The highest BCUT2D eigenvalue weighted by Crippen LogP contribution is 2.34. The second-order valence-electron chi connectivity index (χ2n) is 8.88. The minimum Gasteiger partial charge on any atom is -0.483 e. The number of hydrogen-bond donors (Lipinski definition) is 0. The maximum atomic E-state index is 13.5. The molecular formula is C29H25ClF3NO4. The first-order valence-electron chi connectivity index (χ1n) is 11.9. The molecule has 3 aromatic carbocycles. The smallest absolute Gasteiger partial charge is 0.483 e. The Hall–Kier alpha value is -3.78. The van der Waals surface area contributed by atoms with Crippen LogP contribution in [0.15, 0.2) is 66.7 Å². The molecule has 0 amide bonds. The van der Waals surface area contributed by atoms with E-state index < -0.39 is 18.2 Å². The summed E-state index contributed by atoms with van der Waals surface area (Å²) in [6, 6.07) is 17.5. The Morgan fingerprint density at radius 3 is 2.34 bits per heavy atom. The van der Waals surface area contributed by atoms with E-state index in [1.54, 1.807) is 54.0 Å². The molecule has 0 spiro atoms. The van der Waals surface area contributed by atoms with Gasteiger partial charge in [0.2, 0.25) is 0 Å². The molecule has 4 aromatic rings. The van der Waals surface area contributed by atoms with E-state index >= 15 is 0 Å². The molecule has 0 aliphatic rings. The number of aromatic nitrogens is 1. The Labute approximate surface area is 222 Å². The van der Waals surface area contributed by atoms with E-state index in [1.165, 1.54) is 25.1 Å². The van der Waals surface area contributed by atoms with Crippen LogP contribution >= 0.6 is 11.6 Å². The zero-order chi connectivity index (χ0) is 27.6. The van der Waals surface area contributed by atoms with Crippen LogP contribution in [-0.2, 0) is 11.3 Å². The fourth-order valence-corrected chi connectivity index (χ4v) is 4.53. The molecule has 0 saturated carbocycles. The summed E-state index contributed by atoms with van der Waals surface area (Å²) >= 11 is 5.97. The number of carbonyl (C=O) groups excluding carboxylic acids is 2. The maximum Gasteiger partial charge on any atom is 0.573 e. The second kappa shape index (κ2) is 10.9. The monoisotopic (exact) mass is 543 g/mol. The van der Waals surface area contributed by atoms with Crippen molar-refractivity contribution < 1.29 is 32.2 Å². The van der Waals surface area contributed by atoms with E-state index in [0.717, 1.165) is 5.56 Å². The van der Waals surface area contributed by atoms with Gasteiger partial charge in [0.05, 0.1) is 11.1 Å². The lowest BCUT2D eigenvalue weighted by Crippen LogP contribution is -2.23. The van der Waals surface area contributed by atoms with Crippen LogP contribution in [0.5, 0.6) is 11.5 Å². The molecular weight excluding hydrogens is 519 g/mol. The van der Waals surface area contributed by atoms with Gasteiger partial charge in [-0.1, -0.05) is 30.7 Å². The number of Topliss-reactive ketones (excluding diaryl/α,β-unsaturated/α-hetero) is 1. The van der Waals surface area contributed by atoms with Gasteiger partial charge in [-0.15, -0.1) is 13.2 Å². The second-order valence-corrected chi connectivity index (χ2v) is 9.32. The minimum atomic E-state index is -4.86. The number of nitrogens with zero attached hydrogens (tertiary/aromatic N) is 1. The summed E-state index contributed by atoms with van der Waals surface area (Å²) in [7, 11) is 0. The maximum absolute atomic E-state index is 13.5. The van der Waals surface area contributed by atoms with Crippen LogP contribution < -0.4 is 9.47 Å². The number of rotatable bonds is 9. The number of fused-ring (bicyclic) bond motifs is 1. The molecule has 0 fully saturated rings. The highest BCUT2D eigenvalue weighted by molar-refractivity contribution is 6.30. The van der Waals surface area contributed by atoms with Crippen LogP contribution in [0.3, 0.4) is 0 Å². The van der Waals surface area contributed by atoms with E-state index in [9.17, 15) is 22.8 Å². The van der Waals surface area contributed by atoms with Gasteiger partial charge < -0.3 is 14.0 Å². The van der Waals surface area contributed by atoms with E-state index in [0.29, 0.717) is 44.9 Å². The predicted octanol–water partition coefficient (Wildman–Crippen LogP) is 7.53. The van der Waals surface area contributed by atoms with Crippen molar-refractivity contribution >= 4 is 34.1 Å². The van der Waals surface area contributed by atoms with Crippen LogP contribution in [0.4, 0.5) is 13.2 Å². The highest BCUT2D eigenvalue weighted by Gasteiger charge is 2.32. The highest BCUT2D eigenvalue weighted by atomic mass is 35.5. The average Bonchev–Trinajstić information content (AvgIpc) is 3.12. The van der Waals surface area contributed by atoms with Gasteiger partial charge in [0.25, 0.3) is 0 Å². The van der Waals surface area contributed by atoms with Crippen LogP contribution in [-0.4, -0.2) is 28.6 Å². The van der Waals surface area contributed by atoms with Gasteiger partial charge in [-0.2, -0.15) is 0 Å². The predicted molar refractivity (Wildman–Crippen MR) is 139 cm³/mol. The van der Waals surface area contributed by atoms with Crippen molar-refractivity contribution in [3.63, 3.8) is 0 Å². The molecule has 1 aromatic heterocycles. The number of halogens is 4. The Morgan fingerprint density at radius 2 is 1.71 bits per heavy atom. The van der Waals surface area contributed by atoms with Crippen LogP contribution in [0.1, 0.15) is 47.4 Å². The Balaban J connectivity index is 1.80. The number of alkyl halides is 3. The third kappa shape index (κ3) is 6.02. The molecule has 0 aliphatic carbocycles. The van der Waals surface area contributed by atoms with Gasteiger partial charge in [-0.05, 0) is 74.4 Å². The lowest BCUT2D eigenvalue weighted by atomic mass is 10.0. The first kappa shape index (κ1) is 27.3. The lowest BCUT2D eigenvalue weighted by Gasteiger charge is -2.16. The van der Waals surface area contributed by atoms with E-state index in [2.05, 4.69) is 4.74 Å². The topological polar surface area (TPSA) is 57.5 Å². The molecule has 9 heteroatoms. The van der Waals surface area contributed by atoms with Crippen molar-refractivity contribution in [2.45, 2.75) is 46.2 Å². The molecule has 0 N–H and O–H groups in total. The zero-order valence-electron chi connectivity index (χ0n) is 20.9. The molecule has 0 radical (unpaired) electrons. The fourth-order valence-electron chi connectivity index (χ4n) is 4.41. The molecule has 198 valence electrons. The number of carbonyl (C=O) groups is 2. The molecule has 0 unspecified atom stereocenters. The summed E-state index contributed by atoms with van der Waals surface area (Å²) in [6.07, 6.45) is -4.93. The van der Waals surface area contributed by atoms with E-state index in [-0.39, 0.29) is 18.1 Å². The van der Waals surface area contributed by atoms with Crippen molar-refractivity contribution in [1.29, 1.82) is 0 Å². The van der Waals surface area contributed by atoms with Crippen LogP contribution in [0, 0.1) is 6.92 Å². The first-order chi connectivity index (χ1) is 18.0. The molecule has 4 rings (SSSR count). The largest absolute Gasteiger partial charge is 0.573 e. The average molecular weight is 544 g/mol. The standard InChI is InChI=1S/C29H25ClF3NO4/c1-4-26(18(3)35)37-22-7-5-6-19(14-22)16-34-17(2)27(28(36)20-8-10-21(30)11-9-20)24-13-12-23(15-25(24)34)38-29(31,32)33/h5-15,26H,4,16H2,1-3H3/t26-/m1/s1. The molecule has 5 nitrogen and oxygen atoms in total. The molecule has 38 heavy (non-hydrogen) atoms. The Morgan fingerprint density at radius 1 is 1.00 bits per heavy atom. The lowest BCUT2D eigenvalue weighted by molar-refractivity contribution is -0.274. The summed E-state index contributed by atoms with van der Waals surface area (Å²) in [5.74, 6) is -0.264. The van der Waals surface area contributed by atoms with Crippen molar-refractivity contribution in [2.24, 2.45) is 0 Å². The zero-order valence-corrected chi connectivity index (χ0v) is 21.7. The summed E-state index contributed by atoms with van der Waals surface area (Å²) in [5, 5.41) is 0.971. The SMILES string of the molecule is CC[C@@H](Oc1cccc(Cn2c(C)c(C(=O)c3ccc(Cl)cc3)c3ccc(OC(F)(F)F)cc32)c1)C(C)=O. The van der Waals surface area contributed by atoms with Crippen LogP contribution in [0.25, 0.3) is 10.9 Å². The van der Waals surface area contributed by atoms with E-state index in [1.807, 2.05) is 13.0 Å². The molecule has 1 heterocycles. The van der Waals surface area contributed by atoms with Crippen LogP contribution in [0.2, 0.25) is 5.02 Å². The third-order valence-electron chi connectivity index (χ3n) is 6.20. The fraction of sp³-hybridized carbons (Fsp3) is 0.241. The number of ketones is 2. The summed E-state index contributed by atoms with van der Waals surface area (Å²) in [5.41, 5.74) is 2.52. The van der Waals surface area contributed by atoms with Crippen molar-refractivity contribution in [3.05, 3.63) is 94.1 Å². The van der Waals surface area contributed by atoms with Gasteiger partial charge in [0.15, 0.2) is 17.7 Å². The number of ether oxygens (including phenoxy) is 2. The molecule has 0 bridgehead atoms. The molecule has 1 atom stereocenters. The van der Waals surface area contributed by atoms with Gasteiger partial charge in [-0.3, -0.25) is 9.59 Å². The minimum absolute atomic E-state index is 0.0901. The number of hydrogen-bond acceptors (Lipinski definition) is 4. The van der Waals surface area contributed by atoms with Crippen molar-refractivity contribution in [1.82, 2.24) is 4.57 Å². The third-order valence-corrected chi connectivity index (χ3v) is 6.46. The summed E-state index contributed by atoms with van der Waals surface area (Å²) < 4.78 is 50.6. The molecule has 0 saturated heterocycles. The molecule has 0 aliphatic heterocycles. The van der Waals surface area contributed by atoms with Gasteiger partial charge >= 0.3 is 6.36 Å². The van der Waals surface area contributed by atoms with Gasteiger partial charge in [-0.25, -0.2) is 0 Å².